The summed E-state index contributed by atoms with van der Waals surface area (Å²) < 4.78 is 16.8. The summed E-state index contributed by atoms with van der Waals surface area (Å²) in [4.78, 5) is 43.2. The molecule has 10 nitrogen and oxygen atoms in total. The number of rotatable bonds is 6. The van der Waals surface area contributed by atoms with Gasteiger partial charge in [0.1, 0.15) is 22.8 Å². The van der Waals surface area contributed by atoms with E-state index < -0.39 is 17.2 Å². The molecule has 176 valence electrons. The molecular formula is C25H20N4O6. The summed E-state index contributed by atoms with van der Waals surface area (Å²) >= 11 is 0. The molecule has 0 spiro atoms. The molecule has 2 N–H and O–H groups in total. The first-order valence-corrected chi connectivity index (χ1v) is 10.8. The maximum atomic E-state index is 13.0. The molecule has 0 saturated heterocycles. The average Bonchev–Trinajstić information content (AvgIpc) is 3.49. The van der Waals surface area contributed by atoms with Gasteiger partial charge in [-0.1, -0.05) is 18.2 Å². The summed E-state index contributed by atoms with van der Waals surface area (Å²) in [6.45, 7) is 2.05. The van der Waals surface area contributed by atoms with E-state index in [1.165, 1.54) is 13.3 Å². The minimum Gasteiger partial charge on any atom is -0.496 e. The van der Waals surface area contributed by atoms with Crippen LogP contribution >= 0.6 is 0 Å². The molecule has 10 heteroatoms. The van der Waals surface area contributed by atoms with Crippen LogP contribution in [-0.4, -0.2) is 40.5 Å². The molecule has 5 rings (SSSR count). The molecule has 0 radical (unpaired) electrons. The van der Waals surface area contributed by atoms with Gasteiger partial charge in [-0.25, -0.2) is 9.59 Å². The van der Waals surface area contributed by atoms with Gasteiger partial charge in [0, 0.05) is 5.56 Å². The first kappa shape index (κ1) is 22.0. The minimum absolute atomic E-state index is 0.197. The molecule has 0 unspecified atom stereocenters. The van der Waals surface area contributed by atoms with Crippen LogP contribution in [0.3, 0.4) is 0 Å². The number of fused-ring (bicyclic) bond motifs is 3. The summed E-state index contributed by atoms with van der Waals surface area (Å²) in [6, 6.07) is 15.5. The first-order valence-electron chi connectivity index (χ1n) is 10.8. The number of nitrogens with zero attached hydrogens (tertiary/aromatic N) is 2. The largest absolute Gasteiger partial charge is 0.496 e. The van der Waals surface area contributed by atoms with Gasteiger partial charge in [0.2, 0.25) is 0 Å². The number of hydrogen-bond donors (Lipinski definition) is 2. The number of ether oxygens (including phenoxy) is 2. The van der Waals surface area contributed by atoms with E-state index >= 15 is 0 Å². The third-order valence-corrected chi connectivity index (χ3v) is 5.44. The number of esters is 1. The summed E-state index contributed by atoms with van der Waals surface area (Å²) in [5, 5.41) is 4.64. The lowest BCUT2D eigenvalue weighted by Crippen LogP contribution is -2.32. The van der Waals surface area contributed by atoms with E-state index in [0.29, 0.717) is 45.9 Å². The Kier molecular flexibility index (Phi) is 5.54. The van der Waals surface area contributed by atoms with Crippen LogP contribution in [0.2, 0.25) is 0 Å². The topological polar surface area (TPSA) is 132 Å². The molecule has 5 aromatic rings. The fraction of sp³-hybridized carbons (Fsp3) is 0.120. The predicted octanol–water partition coefficient (Wildman–Crippen LogP) is 3.50. The van der Waals surface area contributed by atoms with E-state index in [1.807, 2.05) is 0 Å². The Morgan fingerprint density at radius 1 is 1.06 bits per heavy atom. The lowest BCUT2D eigenvalue weighted by atomic mass is 10.1. The van der Waals surface area contributed by atoms with E-state index in [1.54, 1.807) is 61.5 Å². The van der Waals surface area contributed by atoms with Crippen molar-refractivity contribution < 1.29 is 18.7 Å². The molecule has 0 atom stereocenters. The maximum Gasteiger partial charge on any atom is 0.350 e. The van der Waals surface area contributed by atoms with Gasteiger partial charge in [0.05, 0.1) is 41.9 Å². The zero-order chi connectivity index (χ0) is 24.5. The quantitative estimate of drug-likeness (QED) is 0.287. The van der Waals surface area contributed by atoms with E-state index in [9.17, 15) is 14.4 Å². The van der Waals surface area contributed by atoms with Crippen LogP contribution in [0.5, 0.6) is 5.75 Å². The Hall–Kier alpha value is -4.86. The van der Waals surface area contributed by atoms with Crippen LogP contribution < -0.4 is 16.0 Å². The molecule has 0 aliphatic heterocycles. The number of methoxy groups -OCH3 is 1. The molecule has 2 aromatic carbocycles. The van der Waals surface area contributed by atoms with Crippen LogP contribution in [0.4, 0.5) is 0 Å². The third-order valence-electron chi connectivity index (χ3n) is 5.44. The second kappa shape index (κ2) is 8.82. The Morgan fingerprint density at radius 3 is 2.60 bits per heavy atom. The van der Waals surface area contributed by atoms with Crippen molar-refractivity contribution in [3.8, 4) is 17.1 Å². The summed E-state index contributed by atoms with van der Waals surface area (Å²) in [6.07, 6.45) is 1.28. The molecule has 0 amide bonds. The minimum atomic E-state index is -0.702. The summed E-state index contributed by atoms with van der Waals surface area (Å²) in [5.74, 6) is 0.997. The predicted molar refractivity (Wildman–Crippen MR) is 130 cm³/mol. The van der Waals surface area contributed by atoms with Gasteiger partial charge in [0.25, 0.3) is 0 Å². The Balaban J connectivity index is 1.46. The highest BCUT2D eigenvalue weighted by atomic mass is 16.5. The van der Waals surface area contributed by atoms with Crippen LogP contribution in [0, 0.1) is 0 Å². The van der Waals surface area contributed by atoms with E-state index in [2.05, 4.69) is 15.1 Å². The van der Waals surface area contributed by atoms with Crippen molar-refractivity contribution in [3.05, 3.63) is 86.8 Å². The van der Waals surface area contributed by atoms with Gasteiger partial charge in [-0.05, 0) is 43.3 Å². The van der Waals surface area contributed by atoms with Gasteiger partial charge in [-0.15, -0.1) is 4.68 Å². The Morgan fingerprint density at radius 2 is 1.86 bits per heavy atom. The maximum absolute atomic E-state index is 13.0. The lowest BCUT2D eigenvalue weighted by Gasteiger charge is -2.02. The van der Waals surface area contributed by atoms with Crippen LogP contribution in [0.15, 0.2) is 73.7 Å². The lowest BCUT2D eigenvalue weighted by molar-refractivity contribution is 0.0526. The smallest absolute Gasteiger partial charge is 0.350 e. The number of nitrogens with one attached hydrogen (secondary N) is 2. The average molecular weight is 472 g/mol. The van der Waals surface area contributed by atoms with Gasteiger partial charge < -0.3 is 23.9 Å². The fourth-order valence-corrected chi connectivity index (χ4v) is 3.81. The molecule has 0 saturated carbocycles. The zero-order valence-electron chi connectivity index (χ0n) is 18.8. The zero-order valence-corrected chi connectivity index (χ0v) is 18.8. The highest BCUT2D eigenvalue weighted by Gasteiger charge is 2.15. The molecule has 0 aliphatic rings. The van der Waals surface area contributed by atoms with Gasteiger partial charge >= 0.3 is 17.2 Å². The van der Waals surface area contributed by atoms with Crippen molar-refractivity contribution in [2.24, 2.45) is 5.10 Å². The summed E-state index contributed by atoms with van der Waals surface area (Å²) in [5.41, 5.74) is 1.06. The molecule has 0 aliphatic carbocycles. The highest BCUT2D eigenvalue weighted by Crippen LogP contribution is 2.30. The Labute approximate surface area is 197 Å². The molecule has 3 aromatic heterocycles. The number of hydrogen-bond acceptors (Lipinski definition) is 7. The number of furan rings is 1. The second-order valence-corrected chi connectivity index (χ2v) is 7.55. The van der Waals surface area contributed by atoms with Crippen molar-refractivity contribution in [1.82, 2.24) is 14.6 Å². The number of carbonyl (C=O) groups is 1. The SMILES string of the molecule is CCOC(=O)c1ccc(-c2ccc(/C=N\n3c(=O)[nH]c4c([nH]c5cccc(OC)c54)c3=O)o2)cc1. The van der Waals surface area contributed by atoms with E-state index in [-0.39, 0.29) is 5.52 Å². The van der Waals surface area contributed by atoms with Crippen molar-refractivity contribution in [3.63, 3.8) is 0 Å². The van der Waals surface area contributed by atoms with Crippen molar-refractivity contribution in [2.45, 2.75) is 6.92 Å². The Bertz CT molecular complexity index is 1700. The van der Waals surface area contributed by atoms with E-state index in [0.717, 1.165) is 10.2 Å². The molecule has 0 fully saturated rings. The number of H-pyrrole nitrogens is 2. The van der Waals surface area contributed by atoms with Crippen LogP contribution in [-0.2, 0) is 4.74 Å². The molecule has 0 bridgehead atoms. The third kappa shape index (κ3) is 3.90. The van der Waals surface area contributed by atoms with E-state index in [4.69, 9.17) is 13.9 Å². The first-order chi connectivity index (χ1) is 17.0. The number of aromatic amines is 2. The monoisotopic (exact) mass is 472 g/mol. The van der Waals surface area contributed by atoms with Crippen molar-refractivity contribution in [1.29, 1.82) is 0 Å². The van der Waals surface area contributed by atoms with Gasteiger partial charge in [-0.2, -0.15) is 5.10 Å². The van der Waals surface area contributed by atoms with Crippen LogP contribution in [0.25, 0.3) is 33.3 Å². The number of aromatic nitrogens is 3. The molecule has 35 heavy (non-hydrogen) atoms. The molecular weight excluding hydrogens is 452 g/mol. The standard InChI is InChI=1S/C25H20N4O6/c1-3-34-24(31)15-9-7-14(8-10-15)18-12-11-16(35-18)13-26-29-23(30)22-21(28-25(29)32)20-17(27-22)5-4-6-19(20)33-2/h4-13,27H,3H2,1-2H3,(H,28,32)/b26-13-. The normalized spacial score (nSPS) is 11.5. The highest BCUT2D eigenvalue weighted by molar-refractivity contribution is 6.07. The second-order valence-electron chi connectivity index (χ2n) is 7.55. The van der Waals surface area contributed by atoms with Crippen molar-refractivity contribution in [2.75, 3.05) is 13.7 Å². The van der Waals surface area contributed by atoms with Gasteiger partial charge in [0.15, 0.2) is 0 Å². The number of benzene rings is 2. The van der Waals surface area contributed by atoms with Crippen LogP contribution in [0.1, 0.15) is 23.0 Å². The fourth-order valence-electron chi connectivity index (χ4n) is 3.81. The molecule has 3 heterocycles. The summed E-state index contributed by atoms with van der Waals surface area (Å²) in [7, 11) is 1.52. The van der Waals surface area contributed by atoms with Crippen molar-refractivity contribution >= 4 is 34.1 Å². The number of carbonyl (C=O) groups excluding carboxylic acids is 1. The van der Waals surface area contributed by atoms with Gasteiger partial charge in [-0.3, -0.25) is 4.79 Å².